The van der Waals surface area contributed by atoms with Crippen LogP contribution in [0.3, 0.4) is 0 Å². The number of nitrogens with one attached hydrogen (secondary N) is 1. The van der Waals surface area contributed by atoms with Crippen LogP contribution in [0.5, 0.6) is 0 Å². The van der Waals surface area contributed by atoms with Gasteiger partial charge in [0.2, 0.25) is 5.91 Å². The minimum atomic E-state index is -0.807. The highest BCUT2D eigenvalue weighted by atomic mass is 35.5. The number of hydrogen-bond donors (Lipinski definition) is 1. The third-order valence-corrected chi connectivity index (χ3v) is 2.75. The number of carbonyl (C=O) groups excluding carboxylic acids is 1. The highest BCUT2D eigenvalue weighted by molar-refractivity contribution is 6.32. The fourth-order valence-corrected chi connectivity index (χ4v) is 1.61. The summed E-state index contributed by atoms with van der Waals surface area (Å²) in [5, 5.41) is 1.71. The van der Waals surface area contributed by atoms with Crippen molar-refractivity contribution in [3.8, 4) is 0 Å². The highest BCUT2D eigenvalue weighted by Crippen LogP contribution is 2.21. The van der Waals surface area contributed by atoms with E-state index in [4.69, 9.17) is 11.6 Å². The number of hydrogen-bond acceptors (Lipinski definition) is 2. The Morgan fingerprint density at radius 2 is 1.94 bits per heavy atom. The Bertz CT molecular complexity index is 530. The Morgan fingerprint density at radius 3 is 2.56 bits per heavy atom. The van der Waals surface area contributed by atoms with Gasteiger partial charge in [-0.05, 0) is 17.7 Å². The van der Waals surface area contributed by atoms with Gasteiger partial charge in [-0.2, -0.15) is 0 Å². The molecule has 1 N–H and O–H groups in total. The predicted octanol–water partition coefficient (Wildman–Crippen LogP) is 3.14. The highest BCUT2D eigenvalue weighted by Gasteiger charge is 2.17. The maximum atomic E-state index is 12.6. The second-order valence-corrected chi connectivity index (χ2v) is 4.06. The van der Waals surface area contributed by atoms with Crippen LogP contribution in [0.2, 0.25) is 0 Å². The molecule has 1 atom stereocenters. The summed E-state index contributed by atoms with van der Waals surface area (Å²) in [6.45, 7) is 0. The zero-order valence-electron chi connectivity index (χ0n) is 9.31. The van der Waals surface area contributed by atoms with Crippen LogP contribution < -0.4 is 5.32 Å². The predicted molar refractivity (Wildman–Crippen MR) is 67.9 cm³/mol. The summed E-state index contributed by atoms with van der Waals surface area (Å²) in [7, 11) is 0. The van der Waals surface area contributed by atoms with Crippen LogP contribution in [-0.2, 0) is 4.79 Å². The zero-order chi connectivity index (χ0) is 13.0. The summed E-state index contributed by atoms with van der Waals surface area (Å²) in [6.07, 6.45) is 1.03. The van der Waals surface area contributed by atoms with Gasteiger partial charge in [-0.1, -0.05) is 30.3 Å². The lowest BCUT2D eigenvalue weighted by atomic mass is 10.1. The van der Waals surface area contributed by atoms with Crippen molar-refractivity contribution in [3.05, 3.63) is 60.0 Å². The maximum Gasteiger partial charge on any atom is 0.248 e. The molecule has 2 rings (SSSR count). The van der Waals surface area contributed by atoms with E-state index < -0.39 is 17.1 Å². The second kappa shape index (κ2) is 5.60. The van der Waals surface area contributed by atoms with E-state index in [1.807, 2.05) is 6.07 Å². The molecule has 0 spiro atoms. The first kappa shape index (κ1) is 12.5. The van der Waals surface area contributed by atoms with Crippen LogP contribution in [0.15, 0.2) is 48.7 Å². The molecule has 5 heteroatoms. The van der Waals surface area contributed by atoms with E-state index >= 15 is 0 Å². The Hall–Kier alpha value is -1.94. The molecule has 92 valence electrons. The first-order valence-electron chi connectivity index (χ1n) is 5.28. The lowest BCUT2D eigenvalue weighted by molar-refractivity contribution is -0.116. The van der Waals surface area contributed by atoms with Crippen molar-refractivity contribution in [2.75, 3.05) is 5.32 Å². The van der Waals surface area contributed by atoms with Crippen molar-refractivity contribution >= 4 is 23.3 Å². The zero-order valence-corrected chi connectivity index (χ0v) is 10.1. The Balaban J connectivity index is 2.06. The van der Waals surface area contributed by atoms with E-state index in [9.17, 15) is 9.18 Å². The molecule has 0 fully saturated rings. The summed E-state index contributed by atoms with van der Waals surface area (Å²) in [6, 6.07) is 11.6. The molecule has 0 bridgehead atoms. The molecule has 1 unspecified atom stereocenters. The molecule has 1 amide bonds. The molecule has 0 radical (unpaired) electrons. The van der Waals surface area contributed by atoms with Crippen molar-refractivity contribution in [2.45, 2.75) is 5.38 Å². The Labute approximate surface area is 109 Å². The summed E-state index contributed by atoms with van der Waals surface area (Å²) < 4.78 is 12.6. The van der Waals surface area contributed by atoms with Gasteiger partial charge in [-0.3, -0.25) is 4.79 Å². The summed E-state index contributed by atoms with van der Waals surface area (Å²) in [5.74, 6) is -0.594. The fourth-order valence-electron chi connectivity index (χ4n) is 1.41. The Kier molecular flexibility index (Phi) is 3.89. The molecule has 1 aromatic carbocycles. The average Bonchev–Trinajstić information content (AvgIpc) is 2.41. The molecule has 0 saturated heterocycles. The minimum absolute atomic E-state index is 0.267. The number of pyridine rings is 1. The largest absolute Gasteiger partial charge is 0.309 e. The number of anilines is 1. The third-order valence-electron chi connectivity index (χ3n) is 2.30. The van der Waals surface area contributed by atoms with E-state index in [1.165, 1.54) is 12.1 Å². The molecular weight excluding hydrogens is 255 g/mol. The maximum absolute atomic E-state index is 12.6. The quantitative estimate of drug-likeness (QED) is 0.866. The van der Waals surface area contributed by atoms with Gasteiger partial charge in [-0.25, -0.2) is 9.37 Å². The van der Waals surface area contributed by atoms with Crippen molar-refractivity contribution < 1.29 is 9.18 Å². The van der Waals surface area contributed by atoms with Crippen LogP contribution in [0, 0.1) is 5.82 Å². The smallest absolute Gasteiger partial charge is 0.248 e. The number of rotatable bonds is 3. The number of halogens is 2. The third kappa shape index (κ3) is 3.05. The van der Waals surface area contributed by atoms with Crippen molar-refractivity contribution in [3.63, 3.8) is 0 Å². The topological polar surface area (TPSA) is 42.0 Å². The average molecular weight is 265 g/mol. The van der Waals surface area contributed by atoms with Crippen LogP contribution in [0.1, 0.15) is 10.9 Å². The normalized spacial score (nSPS) is 11.9. The number of carbonyl (C=O) groups is 1. The summed E-state index contributed by atoms with van der Waals surface area (Å²) >= 11 is 6.02. The second-order valence-electron chi connectivity index (χ2n) is 3.62. The number of benzene rings is 1. The van der Waals surface area contributed by atoms with Gasteiger partial charge >= 0.3 is 0 Å². The number of alkyl halides is 1. The van der Waals surface area contributed by atoms with Crippen molar-refractivity contribution in [1.82, 2.24) is 4.98 Å². The summed E-state index contributed by atoms with van der Waals surface area (Å²) in [5.41, 5.74) is 0.693. The van der Waals surface area contributed by atoms with E-state index in [0.717, 1.165) is 6.20 Å². The fraction of sp³-hybridized carbons (Fsp3) is 0.0769. The molecule has 2 aromatic rings. The minimum Gasteiger partial charge on any atom is -0.309 e. The van der Waals surface area contributed by atoms with Crippen LogP contribution >= 0.6 is 11.6 Å². The van der Waals surface area contributed by atoms with Gasteiger partial charge in [0.05, 0.1) is 6.20 Å². The number of nitrogens with zero attached hydrogens (tertiary/aromatic N) is 1. The van der Waals surface area contributed by atoms with Gasteiger partial charge in [-0.15, -0.1) is 11.6 Å². The first-order chi connectivity index (χ1) is 8.66. The van der Waals surface area contributed by atoms with Crippen LogP contribution in [0.4, 0.5) is 10.2 Å². The molecule has 1 heterocycles. The number of amides is 1. The van der Waals surface area contributed by atoms with E-state index in [1.54, 1.807) is 24.3 Å². The molecule has 0 aliphatic heterocycles. The summed E-state index contributed by atoms with van der Waals surface area (Å²) in [4.78, 5) is 15.5. The number of aromatic nitrogens is 1. The van der Waals surface area contributed by atoms with Gasteiger partial charge in [0.1, 0.15) is 17.0 Å². The monoisotopic (exact) mass is 264 g/mol. The van der Waals surface area contributed by atoms with Gasteiger partial charge in [0, 0.05) is 0 Å². The Morgan fingerprint density at radius 1 is 1.22 bits per heavy atom. The van der Waals surface area contributed by atoms with Crippen molar-refractivity contribution in [1.29, 1.82) is 0 Å². The van der Waals surface area contributed by atoms with E-state index in [-0.39, 0.29) is 5.82 Å². The van der Waals surface area contributed by atoms with Gasteiger partial charge in [0.25, 0.3) is 0 Å². The van der Waals surface area contributed by atoms with E-state index in [0.29, 0.717) is 5.56 Å². The lowest BCUT2D eigenvalue weighted by Gasteiger charge is -2.10. The van der Waals surface area contributed by atoms with Gasteiger partial charge < -0.3 is 5.32 Å². The van der Waals surface area contributed by atoms with Crippen LogP contribution in [-0.4, -0.2) is 10.9 Å². The van der Waals surface area contributed by atoms with Crippen LogP contribution in [0.25, 0.3) is 0 Å². The molecular formula is C13H10ClFN2O. The standard InChI is InChI=1S/C13H10ClFN2O/c14-12(9-4-2-1-3-5-9)13(18)17-11-7-6-10(15)8-16-11/h1-8,12H,(H,16,17,18). The van der Waals surface area contributed by atoms with Crippen molar-refractivity contribution in [2.24, 2.45) is 0 Å². The lowest BCUT2D eigenvalue weighted by Crippen LogP contribution is -2.18. The van der Waals surface area contributed by atoms with Gasteiger partial charge in [0.15, 0.2) is 0 Å². The molecule has 3 nitrogen and oxygen atoms in total. The van der Waals surface area contributed by atoms with E-state index in [2.05, 4.69) is 10.3 Å². The molecule has 18 heavy (non-hydrogen) atoms. The molecule has 0 aliphatic rings. The molecule has 0 aliphatic carbocycles. The SMILES string of the molecule is O=C(Nc1ccc(F)cn1)C(Cl)c1ccccc1. The molecule has 0 saturated carbocycles. The first-order valence-corrected chi connectivity index (χ1v) is 5.72. The molecule has 1 aromatic heterocycles.